The minimum Gasteiger partial charge on any atom is -0.370 e. The zero-order chi connectivity index (χ0) is 15.5. The van der Waals surface area contributed by atoms with E-state index in [1.54, 1.807) is 6.07 Å². The Hall–Kier alpha value is -2.17. The van der Waals surface area contributed by atoms with Gasteiger partial charge in [0.2, 0.25) is 5.91 Å². The molecule has 5 heteroatoms. The van der Waals surface area contributed by atoms with Gasteiger partial charge in [0.25, 0.3) is 0 Å². The van der Waals surface area contributed by atoms with Gasteiger partial charge < -0.3 is 10.6 Å². The number of piperidine rings is 1. The smallest absolute Gasteiger partial charge is 0.217 e. The molecule has 2 aromatic rings. The number of nitrogens with two attached hydrogens (primary N) is 1. The maximum atomic E-state index is 13.4. The van der Waals surface area contributed by atoms with E-state index in [0.29, 0.717) is 17.9 Å². The van der Waals surface area contributed by atoms with E-state index < -0.39 is 0 Å². The van der Waals surface area contributed by atoms with Crippen molar-refractivity contribution in [3.05, 3.63) is 36.1 Å². The van der Waals surface area contributed by atoms with Crippen LogP contribution >= 0.6 is 0 Å². The average molecular weight is 301 g/mol. The highest BCUT2D eigenvalue weighted by Gasteiger charge is 2.21. The van der Waals surface area contributed by atoms with Crippen molar-refractivity contribution in [3.8, 4) is 0 Å². The maximum Gasteiger partial charge on any atom is 0.217 e. The number of carbonyl (C=O) groups is 1. The third-order valence-electron chi connectivity index (χ3n) is 4.28. The van der Waals surface area contributed by atoms with E-state index in [0.717, 1.165) is 43.6 Å². The lowest BCUT2D eigenvalue weighted by molar-refractivity contribution is -0.118. The Bertz CT molecular complexity index is 689. The summed E-state index contributed by atoms with van der Waals surface area (Å²) in [5, 5.41) is 0.937. The molecule has 4 nitrogen and oxygen atoms in total. The Labute approximate surface area is 129 Å². The van der Waals surface area contributed by atoms with Crippen molar-refractivity contribution in [3.63, 3.8) is 0 Å². The van der Waals surface area contributed by atoms with Gasteiger partial charge in [0.15, 0.2) is 0 Å². The molecule has 1 amide bonds. The summed E-state index contributed by atoms with van der Waals surface area (Å²) in [6.07, 6.45) is 3.46. The first-order chi connectivity index (χ1) is 10.6. The van der Waals surface area contributed by atoms with Crippen LogP contribution in [-0.2, 0) is 4.79 Å². The molecule has 1 aliphatic heterocycles. The molecule has 0 saturated carbocycles. The number of primary amides is 1. The van der Waals surface area contributed by atoms with Gasteiger partial charge in [-0.05, 0) is 49.4 Å². The van der Waals surface area contributed by atoms with E-state index in [1.165, 1.54) is 12.1 Å². The minimum atomic E-state index is -0.268. The molecule has 2 heterocycles. The van der Waals surface area contributed by atoms with Crippen LogP contribution in [0.3, 0.4) is 0 Å². The lowest BCUT2D eigenvalue weighted by atomic mass is 9.93. The predicted molar refractivity (Wildman–Crippen MR) is 85.1 cm³/mol. The molecule has 1 aliphatic rings. The van der Waals surface area contributed by atoms with E-state index in [9.17, 15) is 9.18 Å². The molecule has 0 aliphatic carbocycles. The van der Waals surface area contributed by atoms with Crippen LogP contribution in [0.4, 0.5) is 10.2 Å². The Balaban J connectivity index is 1.76. The number of anilines is 1. The molecule has 1 fully saturated rings. The molecule has 0 unspecified atom stereocenters. The summed E-state index contributed by atoms with van der Waals surface area (Å²) < 4.78 is 13.4. The molecule has 0 radical (unpaired) electrons. The van der Waals surface area contributed by atoms with Crippen LogP contribution in [0, 0.1) is 11.7 Å². The summed E-state index contributed by atoms with van der Waals surface area (Å²) in [6, 6.07) is 8.62. The fraction of sp³-hybridized carbons (Fsp3) is 0.412. The molecule has 22 heavy (non-hydrogen) atoms. The van der Waals surface area contributed by atoms with Crippen LogP contribution in [0.25, 0.3) is 10.9 Å². The van der Waals surface area contributed by atoms with Gasteiger partial charge in [0, 0.05) is 31.0 Å². The van der Waals surface area contributed by atoms with Gasteiger partial charge >= 0.3 is 0 Å². The fourth-order valence-corrected chi connectivity index (χ4v) is 3.11. The first-order valence-electron chi connectivity index (χ1n) is 7.71. The number of aromatic nitrogens is 1. The van der Waals surface area contributed by atoms with Crippen LogP contribution in [0.2, 0.25) is 0 Å². The van der Waals surface area contributed by atoms with Gasteiger partial charge in [-0.2, -0.15) is 0 Å². The Kier molecular flexibility index (Phi) is 4.22. The summed E-state index contributed by atoms with van der Waals surface area (Å²) >= 11 is 0. The summed E-state index contributed by atoms with van der Waals surface area (Å²) in [5.41, 5.74) is 5.91. The number of pyridine rings is 1. The maximum absolute atomic E-state index is 13.4. The van der Waals surface area contributed by atoms with Crippen molar-refractivity contribution < 1.29 is 9.18 Å². The van der Waals surface area contributed by atoms with Crippen LogP contribution < -0.4 is 10.6 Å². The number of fused-ring (bicyclic) bond motifs is 1. The minimum absolute atomic E-state index is 0.239. The Morgan fingerprint density at radius 3 is 3.00 bits per heavy atom. The number of nitrogens with zero attached hydrogens (tertiary/aromatic N) is 2. The monoisotopic (exact) mass is 301 g/mol. The number of hydrogen-bond donors (Lipinski definition) is 1. The van der Waals surface area contributed by atoms with E-state index in [-0.39, 0.29) is 11.7 Å². The summed E-state index contributed by atoms with van der Waals surface area (Å²) in [6.45, 7) is 1.82. The van der Waals surface area contributed by atoms with Crippen molar-refractivity contribution >= 4 is 22.6 Å². The van der Waals surface area contributed by atoms with E-state index >= 15 is 0 Å². The molecule has 0 bridgehead atoms. The number of hydrogen-bond acceptors (Lipinski definition) is 3. The summed E-state index contributed by atoms with van der Waals surface area (Å²) in [4.78, 5) is 17.7. The van der Waals surface area contributed by atoms with Gasteiger partial charge in [-0.15, -0.1) is 0 Å². The van der Waals surface area contributed by atoms with Crippen molar-refractivity contribution in [2.24, 2.45) is 11.7 Å². The standard InChI is InChI=1S/C17H20FN3O/c18-14-6-4-13-5-8-17(20-15(13)10-14)21-9-1-2-12(11-21)3-7-16(19)22/h4-6,8,10,12H,1-3,7,9,11H2,(H2,19,22)/t12-/m1/s1. The highest BCUT2D eigenvalue weighted by atomic mass is 19.1. The second-order valence-corrected chi connectivity index (χ2v) is 5.97. The lowest BCUT2D eigenvalue weighted by Crippen LogP contribution is -2.36. The molecular weight excluding hydrogens is 281 g/mol. The largest absolute Gasteiger partial charge is 0.370 e. The van der Waals surface area contributed by atoms with Gasteiger partial charge in [-0.1, -0.05) is 0 Å². The highest BCUT2D eigenvalue weighted by Crippen LogP contribution is 2.26. The molecular formula is C17H20FN3O. The Morgan fingerprint density at radius 1 is 1.36 bits per heavy atom. The number of carbonyl (C=O) groups excluding carboxylic acids is 1. The first kappa shape index (κ1) is 14.8. The van der Waals surface area contributed by atoms with Gasteiger partial charge in [-0.3, -0.25) is 4.79 Å². The van der Waals surface area contributed by atoms with Crippen molar-refractivity contribution in [2.75, 3.05) is 18.0 Å². The molecule has 0 spiro atoms. The third-order valence-corrected chi connectivity index (χ3v) is 4.28. The van der Waals surface area contributed by atoms with Gasteiger partial charge in [0.1, 0.15) is 11.6 Å². The quantitative estimate of drug-likeness (QED) is 0.944. The zero-order valence-electron chi connectivity index (χ0n) is 12.5. The third kappa shape index (κ3) is 3.35. The van der Waals surface area contributed by atoms with Crippen molar-refractivity contribution in [2.45, 2.75) is 25.7 Å². The second-order valence-electron chi connectivity index (χ2n) is 5.97. The summed E-state index contributed by atoms with van der Waals surface area (Å²) in [7, 11) is 0. The lowest BCUT2D eigenvalue weighted by Gasteiger charge is -2.33. The van der Waals surface area contributed by atoms with Gasteiger partial charge in [-0.25, -0.2) is 9.37 Å². The number of benzene rings is 1. The van der Waals surface area contributed by atoms with Crippen LogP contribution in [0.5, 0.6) is 0 Å². The van der Waals surface area contributed by atoms with Crippen LogP contribution in [-0.4, -0.2) is 24.0 Å². The number of amides is 1. The zero-order valence-corrected chi connectivity index (χ0v) is 12.5. The fourth-order valence-electron chi connectivity index (χ4n) is 3.11. The molecule has 2 N–H and O–H groups in total. The Morgan fingerprint density at radius 2 is 2.18 bits per heavy atom. The average Bonchev–Trinajstić information content (AvgIpc) is 2.52. The van der Waals surface area contributed by atoms with E-state index in [2.05, 4.69) is 9.88 Å². The first-order valence-corrected chi connectivity index (χ1v) is 7.71. The van der Waals surface area contributed by atoms with Crippen LogP contribution in [0.15, 0.2) is 30.3 Å². The summed E-state index contributed by atoms with van der Waals surface area (Å²) in [5.74, 6) is 0.833. The number of halogens is 1. The molecule has 1 atom stereocenters. The number of rotatable bonds is 4. The molecule has 1 aromatic heterocycles. The van der Waals surface area contributed by atoms with Crippen LogP contribution in [0.1, 0.15) is 25.7 Å². The van der Waals surface area contributed by atoms with E-state index in [1.807, 2.05) is 12.1 Å². The van der Waals surface area contributed by atoms with Crippen molar-refractivity contribution in [1.82, 2.24) is 4.98 Å². The van der Waals surface area contributed by atoms with E-state index in [4.69, 9.17) is 5.73 Å². The van der Waals surface area contributed by atoms with Gasteiger partial charge in [0.05, 0.1) is 5.52 Å². The predicted octanol–water partition coefficient (Wildman–Crippen LogP) is 2.86. The molecule has 1 aromatic carbocycles. The topological polar surface area (TPSA) is 59.2 Å². The molecule has 1 saturated heterocycles. The van der Waals surface area contributed by atoms with Crippen molar-refractivity contribution in [1.29, 1.82) is 0 Å². The highest BCUT2D eigenvalue weighted by molar-refractivity contribution is 5.80. The SMILES string of the molecule is NC(=O)CC[C@H]1CCCN(c2ccc3ccc(F)cc3n2)C1. The second kappa shape index (κ2) is 6.30. The molecule has 3 rings (SSSR count). The molecule has 116 valence electrons. The normalized spacial score (nSPS) is 18.6.